The summed E-state index contributed by atoms with van der Waals surface area (Å²) in [4.78, 5) is 35.7. The number of benzene rings is 2. The molecule has 0 aliphatic carbocycles. The number of rotatable bonds is 9. The molecular formula is C26H27N5O2. The Bertz CT molecular complexity index is 1220. The Hall–Kier alpha value is -4.00. The van der Waals surface area contributed by atoms with Gasteiger partial charge in [0, 0.05) is 39.0 Å². The van der Waals surface area contributed by atoms with Gasteiger partial charge in [-0.3, -0.25) is 14.6 Å². The van der Waals surface area contributed by atoms with E-state index in [1.54, 1.807) is 29.4 Å². The van der Waals surface area contributed by atoms with Crippen molar-refractivity contribution in [2.45, 2.75) is 25.9 Å². The summed E-state index contributed by atoms with van der Waals surface area (Å²) in [5.74, 6) is 0.718. The van der Waals surface area contributed by atoms with Gasteiger partial charge < -0.3 is 14.8 Å². The van der Waals surface area contributed by atoms with Crippen molar-refractivity contribution in [3.8, 4) is 0 Å². The number of para-hydroxylation sites is 2. The van der Waals surface area contributed by atoms with Crippen molar-refractivity contribution in [3.05, 3.63) is 96.1 Å². The molecule has 0 spiro atoms. The van der Waals surface area contributed by atoms with Crippen molar-refractivity contribution in [1.82, 2.24) is 24.8 Å². The number of aromatic nitrogens is 3. The zero-order valence-corrected chi connectivity index (χ0v) is 18.6. The van der Waals surface area contributed by atoms with Gasteiger partial charge in [0.2, 0.25) is 5.91 Å². The molecule has 1 N–H and O–H groups in total. The fourth-order valence-corrected chi connectivity index (χ4v) is 3.74. The van der Waals surface area contributed by atoms with Gasteiger partial charge in [-0.05, 0) is 36.2 Å². The van der Waals surface area contributed by atoms with Crippen LogP contribution in [0.1, 0.15) is 28.2 Å². The highest BCUT2D eigenvalue weighted by Gasteiger charge is 2.16. The Morgan fingerprint density at radius 3 is 2.58 bits per heavy atom. The van der Waals surface area contributed by atoms with Crippen LogP contribution in [-0.4, -0.2) is 44.8 Å². The summed E-state index contributed by atoms with van der Waals surface area (Å²) in [7, 11) is 1.82. The molecule has 2 amide bonds. The van der Waals surface area contributed by atoms with E-state index in [1.807, 2.05) is 66.2 Å². The number of nitrogens with one attached hydrogen (secondary N) is 1. The van der Waals surface area contributed by atoms with Crippen molar-refractivity contribution in [1.29, 1.82) is 0 Å². The van der Waals surface area contributed by atoms with E-state index in [0.29, 0.717) is 31.5 Å². The molecule has 0 saturated heterocycles. The van der Waals surface area contributed by atoms with Gasteiger partial charge in [0.25, 0.3) is 5.91 Å². The van der Waals surface area contributed by atoms with Crippen LogP contribution in [0.15, 0.2) is 79.1 Å². The molecule has 0 radical (unpaired) electrons. The molecule has 33 heavy (non-hydrogen) atoms. The monoisotopic (exact) mass is 441 g/mol. The minimum atomic E-state index is -0.144. The summed E-state index contributed by atoms with van der Waals surface area (Å²) >= 11 is 0. The predicted octanol–water partition coefficient (Wildman–Crippen LogP) is 3.45. The quantitative estimate of drug-likeness (QED) is 0.404. The number of aryl methyl sites for hydroxylation is 1. The largest absolute Gasteiger partial charge is 0.352 e. The molecular weight excluding hydrogens is 414 g/mol. The number of amides is 2. The van der Waals surface area contributed by atoms with E-state index < -0.39 is 0 Å². The molecule has 2 aromatic heterocycles. The van der Waals surface area contributed by atoms with Crippen molar-refractivity contribution in [2.24, 2.45) is 0 Å². The maximum atomic E-state index is 13.0. The SMILES string of the molecule is CN(Cc1ccccc1)C(=O)Cn1c(CCCNC(=O)c2cccnc2)nc2ccccc21. The standard InChI is InChI=1S/C26H27N5O2/c1-30(18-20-9-3-2-4-10-20)25(32)19-31-23-13-6-5-12-22(23)29-24(31)14-8-16-28-26(33)21-11-7-15-27-17-21/h2-7,9-13,15,17H,8,14,16,18-19H2,1H3,(H,28,33). The van der Waals surface area contributed by atoms with Crippen LogP contribution < -0.4 is 5.32 Å². The van der Waals surface area contributed by atoms with Gasteiger partial charge in [-0.15, -0.1) is 0 Å². The van der Waals surface area contributed by atoms with E-state index in [9.17, 15) is 9.59 Å². The normalized spacial score (nSPS) is 10.8. The lowest BCUT2D eigenvalue weighted by atomic mass is 10.2. The van der Waals surface area contributed by atoms with Crippen LogP contribution in [0.25, 0.3) is 11.0 Å². The fraction of sp³-hybridized carbons (Fsp3) is 0.231. The zero-order valence-electron chi connectivity index (χ0n) is 18.6. The van der Waals surface area contributed by atoms with Crippen LogP contribution in [-0.2, 0) is 24.3 Å². The van der Waals surface area contributed by atoms with Gasteiger partial charge in [-0.25, -0.2) is 4.98 Å². The number of hydrogen-bond acceptors (Lipinski definition) is 4. The second kappa shape index (κ2) is 10.5. The van der Waals surface area contributed by atoms with Gasteiger partial charge in [-0.1, -0.05) is 42.5 Å². The van der Waals surface area contributed by atoms with Crippen LogP contribution in [0.4, 0.5) is 0 Å². The maximum absolute atomic E-state index is 13.0. The van der Waals surface area contributed by atoms with Crippen molar-refractivity contribution in [2.75, 3.05) is 13.6 Å². The first-order chi connectivity index (χ1) is 16.1. The van der Waals surface area contributed by atoms with Crippen LogP contribution in [0.2, 0.25) is 0 Å². The third-order valence-electron chi connectivity index (χ3n) is 5.50. The Balaban J connectivity index is 1.41. The number of nitrogens with zero attached hydrogens (tertiary/aromatic N) is 4. The highest BCUT2D eigenvalue weighted by Crippen LogP contribution is 2.18. The van der Waals surface area contributed by atoms with E-state index >= 15 is 0 Å². The number of hydrogen-bond donors (Lipinski definition) is 1. The molecule has 0 fully saturated rings. The third-order valence-corrected chi connectivity index (χ3v) is 5.50. The molecule has 4 rings (SSSR count). The molecule has 0 unspecified atom stereocenters. The van der Waals surface area contributed by atoms with E-state index in [2.05, 4.69) is 10.3 Å². The molecule has 0 atom stereocenters. The molecule has 7 heteroatoms. The van der Waals surface area contributed by atoms with Gasteiger partial charge in [0.05, 0.1) is 16.6 Å². The molecule has 7 nitrogen and oxygen atoms in total. The Kier molecular flexibility index (Phi) is 7.09. The number of likely N-dealkylation sites (N-methyl/N-ethyl adjacent to an activating group) is 1. The van der Waals surface area contributed by atoms with Gasteiger partial charge in [-0.2, -0.15) is 0 Å². The van der Waals surface area contributed by atoms with Gasteiger partial charge in [0.15, 0.2) is 0 Å². The molecule has 0 aliphatic heterocycles. The smallest absolute Gasteiger partial charge is 0.252 e. The Morgan fingerprint density at radius 2 is 1.79 bits per heavy atom. The van der Waals surface area contributed by atoms with E-state index in [-0.39, 0.29) is 18.4 Å². The number of fused-ring (bicyclic) bond motifs is 1. The first-order valence-corrected chi connectivity index (χ1v) is 11.0. The molecule has 168 valence electrons. The minimum absolute atomic E-state index is 0.0214. The lowest BCUT2D eigenvalue weighted by Crippen LogP contribution is -2.30. The second-order valence-electron chi connectivity index (χ2n) is 7.94. The molecule has 0 saturated carbocycles. The topological polar surface area (TPSA) is 80.1 Å². The van der Waals surface area contributed by atoms with Crippen LogP contribution in [0.3, 0.4) is 0 Å². The molecule has 2 aromatic carbocycles. The van der Waals surface area contributed by atoms with E-state index in [4.69, 9.17) is 4.98 Å². The van der Waals surface area contributed by atoms with Crippen molar-refractivity contribution in [3.63, 3.8) is 0 Å². The van der Waals surface area contributed by atoms with Crippen molar-refractivity contribution < 1.29 is 9.59 Å². The summed E-state index contributed by atoms with van der Waals surface area (Å²) in [5, 5.41) is 2.92. The fourth-order valence-electron chi connectivity index (χ4n) is 3.74. The first-order valence-electron chi connectivity index (χ1n) is 11.0. The van der Waals surface area contributed by atoms with E-state index in [0.717, 1.165) is 22.4 Å². The summed E-state index contributed by atoms with van der Waals surface area (Å²) in [5.41, 5.74) is 3.43. The first kappa shape index (κ1) is 22.2. The maximum Gasteiger partial charge on any atom is 0.252 e. The molecule has 0 aliphatic rings. The summed E-state index contributed by atoms with van der Waals surface area (Å²) in [6.45, 7) is 1.29. The molecule has 2 heterocycles. The average Bonchev–Trinajstić information content (AvgIpc) is 3.20. The number of pyridine rings is 1. The summed E-state index contributed by atoms with van der Waals surface area (Å²) in [6, 6.07) is 21.3. The lowest BCUT2D eigenvalue weighted by Gasteiger charge is -2.19. The average molecular weight is 442 g/mol. The zero-order chi connectivity index (χ0) is 23.0. The third kappa shape index (κ3) is 5.63. The highest BCUT2D eigenvalue weighted by molar-refractivity contribution is 5.93. The van der Waals surface area contributed by atoms with Crippen molar-refractivity contribution >= 4 is 22.8 Å². The molecule has 0 bridgehead atoms. The van der Waals surface area contributed by atoms with Crippen LogP contribution >= 0.6 is 0 Å². The molecule has 4 aromatic rings. The number of carbonyl (C=O) groups excluding carboxylic acids is 2. The number of carbonyl (C=O) groups is 2. The Morgan fingerprint density at radius 1 is 1.00 bits per heavy atom. The number of imidazole rings is 1. The highest BCUT2D eigenvalue weighted by atomic mass is 16.2. The van der Waals surface area contributed by atoms with E-state index in [1.165, 1.54) is 0 Å². The van der Waals surface area contributed by atoms with Gasteiger partial charge in [0.1, 0.15) is 12.4 Å². The summed E-state index contributed by atoms with van der Waals surface area (Å²) < 4.78 is 1.99. The second-order valence-corrected chi connectivity index (χ2v) is 7.94. The Labute approximate surface area is 193 Å². The lowest BCUT2D eigenvalue weighted by molar-refractivity contribution is -0.131. The van der Waals surface area contributed by atoms with Gasteiger partial charge >= 0.3 is 0 Å². The van der Waals surface area contributed by atoms with Crippen LogP contribution in [0, 0.1) is 0 Å². The minimum Gasteiger partial charge on any atom is -0.352 e. The predicted molar refractivity (Wildman–Crippen MR) is 128 cm³/mol. The van der Waals surface area contributed by atoms with Crippen LogP contribution in [0.5, 0.6) is 0 Å². The summed E-state index contributed by atoms with van der Waals surface area (Å²) in [6.07, 6.45) is 4.55.